The largest absolute Gasteiger partial charge is 0.383 e. The van der Waals surface area contributed by atoms with E-state index in [1.807, 2.05) is 48.1 Å². The predicted molar refractivity (Wildman–Crippen MR) is 75.7 cm³/mol. The third-order valence-electron chi connectivity index (χ3n) is 3.51. The molecule has 0 spiro atoms. The van der Waals surface area contributed by atoms with Crippen LogP contribution in [-0.2, 0) is 25.5 Å². The Morgan fingerprint density at radius 2 is 2.00 bits per heavy atom. The van der Waals surface area contributed by atoms with Crippen LogP contribution in [0, 0.1) is 0 Å². The molecule has 0 aliphatic heterocycles. The van der Waals surface area contributed by atoms with E-state index in [1.165, 1.54) is 0 Å². The number of benzene rings is 1. The third-order valence-corrected chi connectivity index (χ3v) is 3.51. The van der Waals surface area contributed by atoms with Gasteiger partial charge in [0.05, 0.1) is 5.69 Å². The molecule has 3 N–H and O–H groups in total. The van der Waals surface area contributed by atoms with Crippen molar-refractivity contribution in [3.05, 3.63) is 53.3 Å². The average molecular weight is 259 g/mol. The molecule has 1 unspecified atom stereocenters. The van der Waals surface area contributed by atoms with Crippen LogP contribution in [-0.4, -0.2) is 21.4 Å². The van der Waals surface area contributed by atoms with Crippen molar-refractivity contribution in [2.45, 2.75) is 25.4 Å². The number of aliphatic hydroxyl groups is 1. The van der Waals surface area contributed by atoms with Gasteiger partial charge in [0.25, 0.3) is 0 Å². The highest BCUT2D eigenvalue weighted by Crippen LogP contribution is 2.25. The maximum absolute atomic E-state index is 10.8. The van der Waals surface area contributed by atoms with Crippen molar-refractivity contribution in [2.75, 3.05) is 6.54 Å². The van der Waals surface area contributed by atoms with Gasteiger partial charge in [-0.05, 0) is 18.1 Å². The summed E-state index contributed by atoms with van der Waals surface area (Å²) in [6.45, 7) is 2.25. The number of aromatic nitrogens is 2. The van der Waals surface area contributed by atoms with Gasteiger partial charge in [-0.3, -0.25) is 4.68 Å². The van der Waals surface area contributed by atoms with Crippen molar-refractivity contribution < 1.29 is 5.11 Å². The van der Waals surface area contributed by atoms with Crippen LogP contribution in [0.15, 0.2) is 36.4 Å². The zero-order valence-corrected chi connectivity index (χ0v) is 11.5. The predicted octanol–water partition coefficient (Wildman–Crippen LogP) is 1.37. The molecular weight excluding hydrogens is 238 g/mol. The van der Waals surface area contributed by atoms with Crippen LogP contribution < -0.4 is 5.73 Å². The summed E-state index contributed by atoms with van der Waals surface area (Å²) in [5, 5.41) is 15.2. The molecule has 0 amide bonds. The first-order valence-electron chi connectivity index (χ1n) is 6.59. The summed E-state index contributed by atoms with van der Waals surface area (Å²) in [5.74, 6) is 0. The van der Waals surface area contributed by atoms with Crippen LogP contribution in [0.2, 0.25) is 0 Å². The minimum Gasteiger partial charge on any atom is -0.383 e. The second-order valence-corrected chi connectivity index (χ2v) is 4.88. The molecule has 4 nitrogen and oxygen atoms in total. The molecule has 0 aliphatic rings. The SMILES string of the molecule is CCc1cc(CC(O)(CN)c2ccccc2)n(C)n1. The van der Waals surface area contributed by atoms with E-state index in [9.17, 15) is 5.11 Å². The Bertz CT molecular complexity index is 536. The molecule has 0 bridgehead atoms. The van der Waals surface area contributed by atoms with Gasteiger partial charge in [-0.15, -0.1) is 0 Å². The molecule has 2 rings (SSSR count). The zero-order valence-electron chi connectivity index (χ0n) is 11.5. The topological polar surface area (TPSA) is 64.1 Å². The molecule has 19 heavy (non-hydrogen) atoms. The quantitative estimate of drug-likeness (QED) is 0.852. The Balaban J connectivity index is 2.30. The maximum atomic E-state index is 10.8. The van der Waals surface area contributed by atoms with E-state index >= 15 is 0 Å². The van der Waals surface area contributed by atoms with Crippen molar-refractivity contribution >= 4 is 0 Å². The number of nitrogens with two attached hydrogens (primary N) is 1. The number of rotatable bonds is 5. The smallest absolute Gasteiger partial charge is 0.107 e. The molecule has 1 aromatic heterocycles. The molecule has 4 heteroatoms. The number of aryl methyl sites for hydroxylation is 2. The molecular formula is C15H21N3O. The third kappa shape index (κ3) is 2.85. The van der Waals surface area contributed by atoms with E-state index in [0.29, 0.717) is 6.42 Å². The summed E-state index contributed by atoms with van der Waals surface area (Å²) in [6.07, 6.45) is 1.36. The van der Waals surface area contributed by atoms with Gasteiger partial charge in [0.1, 0.15) is 5.60 Å². The molecule has 102 valence electrons. The van der Waals surface area contributed by atoms with E-state index in [4.69, 9.17) is 5.73 Å². The van der Waals surface area contributed by atoms with Gasteiger partial charge in [-0.1, -0.05) is 37.3 Å². The van der Waals surface area contributed by atoms with E-state index < -0.39 is 5.60 Å². The Morgan fingerprint density at radius 1 is 1.32 bits per heavy atom. The normalized spacial score (nSPS) is 14.3. The fraction of sp³-hybridized carbons (Fsp3) is 0.400. The summed E-state index contributed by atoms with van der Waals surface area (Å²) >= 11 is 0. The van der Waals surface area contributed by atoms with Crippen molar-refractivity contribution in [3.8, 4) is 0 Å². The fourth-order valence-corrected chi connectivity index (χ4v) is 2.25. The first-order chi connectivity index (χ1) is 9.09. The number of hydrogen-bond acceptors (Lipinski definition) is 3. The molecule has 1 atom stereocenters. The van der Waals surface area contributed by atoms with Gasteiger partial charge in [0.2, 0.25) is 0 Å². The molecule has 0 saturated carbocycles. The van der Waals surface area contributed by atoms with Crippen LogP contribution >= 0.6 is 0 Å². The molecule has 2 aromatic rings. The second-order valence-electron chi connectivity index (χ2n) is 4.88. The van der Waals surface area contributed by atoms with Crippen molar-refractivity contribution in [1.29, 1.82) is 0 Å². The summed E-state index contributed by atoms with van der Waals surface area (Å²) in [5.41, 5.74) is 7.63. The monoisotopic (exact) mass is 259 g/mol. The zero-order chi connectivity index (χ0) is 13.9. The van der Waals surface area contributed by atoms with E-state index in [1.54, 1.807) is 0 Å². The Hall–Kier alpha value is -1.65. The summed E-state index contributed by atoms with van der Waals surface area (Å²) in [7, 11) is 1.90. The van der Waals surface area contributed by atoms with E-state index in [2.05, 4.69) is 12.0 Å². The molecule has 0 aliphatic carbocycles. The average Bonchev–Trinajstić information content (AvgIpc) is 2.80. The minimum atomic E-state index is -1.04. The van der Waals surface area contributed by atoms with Gasteiger partial charge < -0.3 is 10.8 Å². The summed E-state index contributed by atoms with van der Waals surface area (Å²) in [4.78, 5) is 0. The number of hydrogen-bond donors (Lipinski definition) is 2. The Kier molecular flexibility index (Phi) is 4.02. The van der Waals surface area contributed by atoms with Gasteiger partial charge in [0, 0.05) is 25.7 Å². The lowest BCUT2D eigenvalue weighted by Crippen LogP contribution is -2.37. The maximum Gasteiger partial charge on any atom is 0.107 e. The van der Waals surface area contributed by atoms with Crippen molar-refractivity contribution in [3.63, 3.8) is 0 Å². The Labute approximate surface area is 113 Å². The lowest BCUT2D eigenvalue weighted by Gasteiger charge is -2.27. The van der Waals surface area contributed by atoms with Crippen molar-refractivity contribution in [2.24, 2.45) is 12.8 Å². The van der Waals surface area contributed by atoms with Gasteiger partial charge in [-0.2, -0.15) is 5.10 Å². The van der Waals surface area contributed by atoms with Crippen LogP contribution in [0.4, 0.5) is 0 Å². The molecule has 1 aromatic carbocycles. The summed E-state index contributed by atoms with van der Waals surface area (Å²) in [6, 6.07) is 11.6. The Morgan fingerprint density at radius 3 is 2.53 bits per heavy atom. The molecule has 0 saturated heterocycles. The first kappa shape index (κ1) is 13.8. The van der Waals surface area contributed by atoms with Crippen molar-refractivity contribution in [1.82, 2.24) is 9.78 Å². The van der Waals surface area contributed by atoms with E-state index in [0.717, 1.165) is 23.4 Å². The summed E-state index contributed by atoms with van der Waals surface area (Å²) < 4.78 is 1.82. The number of nitrogens with zero attached hydrogens (tertiary/aromatic N) is 2. The lowest BCUT2D eigenvalue weighted by molar-refractivity contribution is 0.0443. The first-order valence-corrected chi connectivity index (χ1v) is 6.59. The molecule has 0 fully saturated rings. The highest BCUT2D eigenvalue weighted by molar-refractivity contribution is 5.26. The van der Waals surface area contributed by atoms with Crippen LogP contribution in [0.25, 0.3) is 0 Å². The van der Waals surface area contributed by atoms with Gasteiger partial charge in [0.15, 0.2) is 0 Å². The van der Waals surface area contributed by atoms with Crippen LogP contribution in [0.5, 0.6) is 0 Å². The van der Waals surface area contributed by atoms with Crippen LogP contribution in [0.1, 0.15) is 23.9 Å². The fourth-order valence-electron chi connectivity index (χ4n) is 2.25. The minimum absolute atomic E-state index is 0.184. The van der Waals surface area contributed by atoms with Gasteiger partial charge >= 0.3 is 0 Å². The highest BCUT2D eigenvalue weighted by atomic mass is 16.3. The second kappa shape index (κ2) is 5.55. The van der Waals surface area contributed by atoms with Gasteiger partial charge in [-0.25, -0.2) is 0 Å². The molecule has 1 heterocycles. The standard InChI is InChI=1S/C15H21N3O/c1-3-13-9-14(18(2)17-13)10-15(19,11-16)12-7-5-4-6-8-12/h4-9,19H,3,10-11,16H2,1-2H3. The highest BCUT2D eigenvalue weighted by Gasteiger charge is 2.29. The van der Waals surface area contributed by atoms with Crippen LogP contribution in [0.3, 0.4) is 0 Å². The lowest BCUT2D eigenvalue weighted by atomic mass is 9.89. The van der Waals surface area contributed by atoms with E-state index in [-0.39, 0.29) is 6.54 Å². The molecule has 0 radical (unpaired) electrons.